The van der Waals surface area contributed by atoms with E-state index < -0.39 is 0 Å². The van der Waals surface area contributed by atoms with E-state index >= 15 is 0 Å². The number of benzene rings is 1. The molecule has 0 spiro atoms. The number of hydrogen-bond donors (Lipinski definition) is 1. The molecule has 4 rings (SSSR count). The first-order chi connectivity index (χ1) is 13.1. The molecule has 7 heteroatoms. The first-order valence-corrected chi connectivity index (χ1v) is 8.46. The van der Waals surface area contributed by atoms with Crippen LogP contribution in [-0.4, -0.2) is 27.8 Å². The number of nitrogens with one attached hydrogen (secondary N) is 1. The van der Waals surface area contributed by atoms with E-state index in [2.05, 4.69) is 15.4 Å². The highest BCUT2D eigenvalue weighted by atomic mass is 16.5. The number of amides is 1. The maximum atomic E-state index is 12.8. The van der Waals surface area contributed by atoms with Crippen LogP contribution in [0.4, 0.5) is 5.82 Å². The van der Waals surface area contributed by atoms with E-state index in [1.807, 2.05) is 18.2 Å². The van der Waals surface area contributed by atoms with Gasteiger partial charge in [-0.15, -0.1) is 0 Å². The van der Waals surface area contributed by atoms with Gasteiger partial charge in [0.05, 0.1) is 24.9 Å². The number of ether oxygens (including phenoxy) is 1. The van der Waals surface area contributed by atoms with Gasteiger partial charge in [-0.05, 0) is 37.3 Å². The van der Waals surface area contributed by atoms with Crippen LogP contribution < -0.4 is 10.1 Å². The molecule has 3 aromatic heterocycles. The van der Waals surface area contributed by atoms with Gasteiger partial charge in [0.25, 0.3) is 5.91 Å². The van der Waals surface area contributed by atoms with Gasteiger partial charge in [0.15, 0.2) is 5.82 Å². The normalized spacial score (nSPS) is 10.9. The summed E-state index contributed by atoms with van der Waals surface area (Å²) >= 11 is 0. The molecule has 27 heavy (non-hydrogen) atoms. The lowest BCUT2D eigenvalue weighted by molar-refractivity contribution is 0.102. The summed E-state index contributed by atoms with van der Waals surface area (Å²) in [6.45, 7) is 2.29. The molecule has 1 N–H and O–H groups in total. The molecule has 0 radical (unpaired) electrons. The number of methoxy groups -OCH3 is 1. The zero-order chi connectivity index (χ0) is 18.8. The second-order valence-electron chi connectivity index (χ2n) is 6.07. The summed E-state index contributed by atoms with van der Waals surface area (Å²) in [6, 6.07) is 12.8. The molecule has 0 unspecified atom stereocenters. The van der Waals surface area contributed by atoms with Crippen LogP contribution in [0.25, 0.3) is 11.0 Å². The summed E-state index contributed by atoms with van der Waals surface area (Å²) in [4.78, 5) is 17.1. The molecule has 0 saturated carbocycles. The molecule has 1 amide bonds. The van der Waals surface area contributed by atoms with Crippen LogP contribution in [-0.2, 0) is 6.54 Å². The van der Waals surface area contributed by atoms with Gasteiger partial charge < -0.3 is 14.5 Å². The number of hydrogen-bond acceptors (Lipinski definition) is 5. The van der Waals surface area contributed by atoms with E-state index in [1.54, 1.807) is 55.4 Å². The summed E-state index contributed by atoms with van der Waals surface area (Å²) < 4.78 is 12.7. The third kappa shape index (κ3) is 3.39. The van der Waals surface area contributed by atoms with Gasteiger partial charge in [-0.25, -0.2) is 0 Å². The Morgan fingerprint density at radius 1 is 1.26 bits per heavy atom. The molecule has 0 aliphatic rings. The standard InChI is InChI=1S/C20H18N4O3/c1-13-19(16-11-15(26-2)6-7-17(16)27-13)20(25)22-18-8-10-24(23-18)12-14-5-3-4-9-21-14/h3-11H,12H2,1-2H3,(H,22,23,25). The number of pyridine rings is 1. The summed E-state index contributed by atoms with van der Waals surface area (Å²) in [5, 5.41) is 7.92. The van der Waals surface area contributed by atoms with Crippen LogP contribution in [0.15, 0.2) is 59.3 Å². The molecule has 1 aromatic carbocycles. The molecular formula is C20H18N4O3. The van der Waals surface area contributed by atoms with Crippen molar-refractivity contribution in [3.05, 3.63) is 71.9 Å². The number of aromatic nitrogens is 3. The highest BCUT2D eigenvalue weighted by Gasteiger charge is 2.19. The number of fused-ring (bicyclic) bond motifs is 1. The average Bonchev–Trinajstić information content (AvgIpc) is 3.24. The van der Waals surface area contributed by atoms with Crippen molar-refractivity contribution in [3.63, 3.8) is 0 Å². The maximum absolute atomic E-state index is 12.8. The molecule has 0 atom stereocenters. The van der Waals surface area contributed by atoms with Crippen molar-refractivity contribution < 1.29 is 13.9 Å². The summed E-state index contributed by atoms with van der Waals surface area (Å²) in [7, 11) is 1.59. The van der Waals surface area contributed by atoms with E-state index in [-0.39, 0.29) is 5.91 Å². The lowest BCUT2D eigenvalue weighted by Crippen LogP contribution is -2.13. The van der Waals surface area contributed by atoms with Crippen LogP contribution in [0.1, 0.15) is 21.8 Å². The Morgan fingerprint density at radius 2 is 2.15 bits per heavy atom. The zero-order valence-electron chi connectivity index (χ0n) is 15.0. The van der Waals surface area contributed by atoms with Gasteiger partial charge in [-0.3, -0.25) is 14.5 Å². The molecular weight excluding hydrogens is 344 g/mol. The van der Waals surface area contributed by atoms with Crippen molar-refractivity contribution in [2.45, 2.75) is 13.5 Å². The van der Waals surface area contributed by atoms with Crippen molar-refractivity contribution in [2.75, 3.05) is 12.4 Å². The first kappa shape index (κ1) is 16.8. The number of furan rings is 1. The lowest BCUT2D eigenvalue weighted by atomic mass is 10.1. The first-order valence-electron chi connectivity index (χ1n) is 8.46. The van der Waals surface area contributed by atoms with E-state index in [9.17, 15) is 4.79 Å². The van der Waals surface area contributed by atoms with Gasteiger partial charge in [0, 0.05) is 23.8 Å². The van der Waals surface area contributed by atoms with Gasteiger partial charge >= 0.3 is 0 Å². The van der Waals surface area contributed by atoms with Gasteiger partial charge in [-0.1, -0.05) is 6.07 Å². The number of anilines is 1. The molecule has 3 heterocycles. The fourth-order valence-corrected chi connectivity index (χ4v) is 2.96. The van der Waals surface area contributed by atoms with Crippen LogP contribution in [0.2, 0.25) is 0 Å². The fourth-order valence-electron chi connectivity index (χ4n) is 2.96. The third-order valence-corrected chi connectivity index (χ3v) is 4.23. The minimum Gasteiger partial charge on any atom is -0.497 e. The Kier molecular flexibility index (Phi) is 4.33. The minimum absolute atomic E-state index is 0.275. The smallest absolute Gasteiger partial charge is 0.261 e. The third-order valence-electron chi connectivity index (χ3n) is 4.23. The molecule has 0 bridgehead atoms. The molecule has 0 saturated heterocycles. The van der Waals surface area contributed by atoms with Crippen LogP contribution in [0.3, 0.4) is 0 Å². The van der Waals surface area contributed by atoms with Crippen LogP contribution in [0, 0.1) is 6.92 Å². The van der Waals surface area contributed by atoms with Crippen molar-refractivity contribution >= 4 is 22.7 Å². The van der Waals surface area contributed by atoms with Crippen molar-refractivity contribution in [2.24, 2.45) is 0 Å². The highest BCUT2D eigenvalue weighted by Crippen LogP contribution is 2.29. The van der Waals surface area contributed by atoms with Crippen molar-refractivity contribution in [1.29, 1.82) is 0 Å². The number of rotatable bonds is 5. The average molecular weight is 362 g/mol. The minimum atomic E-state index is -0.275. The van der Waals surface area contributed by atoms with Crippen LogP contribution in [0.5, 0.6) is 5.75 Å². The molecule has 0 aliphatic heterocycles. The SMILES string of the molecule is COc1ccc2oc(C)c(C(=O)Nc3ccn(Cc4ccccn4)n3)c2c1. The zero-order valence-corrected chi connectivity index (χ0v) is 15.0. The summed E-state index contributed by atoms with van der Waals surface area (Å²) in [6.07, 6.45) is 3.54. The topological polar surface area (TPSA) is 82.2 Å². The molecule has 0 fully saturated rings. The van der Waals surface area contributed by atoms with E-state index in [4.69, 9.17) is 9.15 Å². The van der Waals surface area contributed by atoms with Gasteiger partial charge in [-0.2, -0.15) is 5.10 Å². The second kappa shape index (κ2) is 6.95. The predicted octanol–water partition coefficient (Wildman–Crippen LogP) is 3.64. The molecule has 136 valence electrons. The number of carbonyl (C=O) groups is 1. The Balaban J connectivity index is 1.56. The maximum Gasteiger partial charge on any atom is 0.261 e. The molecule has 0 aliphatic carbocycles. The Labute approximate surface area is 155 Å². The molecule has 4 aromatic rings. The predicted molar refractivity (Wildman–Crippen MR) is 101 cm³/mol. The number of nitrogens with zero attached hydrogens (tertiary/aromatic N) is 3. The Bertz CT molecular complexity index is 1100. The van der Waals surface area contributed by atoms with E-state index in [1.165, 1.54) is 0 Å². The van der Waals surface area contributed by atoms with Gasteiger partial charge in [0.1, 0.15) is 17.1 Å². The number of aryl methyl sites for hydroxylation is 1. The molecule has 7 nitrogen and oxygen atoms in total. The summed E-state index contributed by atoms with van der Waals surface area (Å²) in [5.74, 6) is 1.40. The van der Waals surface area contributed by atoms with Crippen molar-refractivity contribution in [3.8, 4) is 5.75 Å². The second-order valence-corrected chi connectivity index (χ2v) is 6.07. The Morgan fingerprint density at radius 3 is 2.93 bits per heavy atom. The quantitative estimate of drug-likeness (QED) is 0.586. The largest absolute Gasteiger partial charge is 0.497 e. The van der Waals surface area contributed by atoms with Gasteiger partial charge in [0.2, 0.25) is 0 Å². The van der Waals surface area contributed by atoms with Crippen LogP contribution >= 0.6 is 0 Å². The highest BCUT2D eigenvalue weighted by molar-refractivity contribution is 6.13. The van der Waals surface area contributed by atoms with E-state index in [0.717, 1.165) is 5.69 Å². The van der Waals surface area contributed by atoms with E-state index in [0.29, 0.717) is 40.4 Å². The summed E-state index contributed by atoms with van der Waals surface area (Å²) in [5.41, 5.74) is 2.00. The number of carbonyl (C=O) groups excluding carboxylic acids is 1. The Hall–Kier alpha value is -3.61. The monoisotopic (exact) mass is 362 g/mol. The fraction of sp³-hybridized carbons (Fsp3) is 0.150. The van der Waals surface area contributed by atoms with Crippen molar-refractivity contribution in [1.82, 2.24) is 14.8 Å². The lowest BCUT2D eigenvalue weighted by Gasteiger charge is -2.03.